The lowest BCUT2D eigenvalue weighted by atomic mass is 9.88. The van der Waals surface area contributed by atoms with Gasteiger partial charge in [-0.2, -0.15) is 0 Å². The summed E-state index contributed by atoms with van der Waals surface area (Å²) in [6.45, 7) is 0. The number of anilines is 6. The fourth-order valence-corrected chi connectivity index (χ4v) is 14.3. The van der Waals surface area contributed by atoms with E-state index < -0.39 is 74.3 Å². The van der Waals surface area contributed by atoms with E-state index in [1.807, 2.05) is 97.1 Å². The smallest absolute Gasteiger partial charge is 0.186 e. The van der Waals surface area contributed by atoms with Crippen molar-refractivity contribution in [2.75, 3.05) is 9.80 Å². The monoisotopic (exact) mass is 1150 g/mol. The van der Waals surface area contributed by atoms with Crippen molar-refractivity contribution in [3.63, 3.8) is 0 Å². The summed E-state index contributed by atoms with van der Waals surface area (Å²) in [5.74, 6) is -9.15. The third-order valence-corrected chi connectivity index (χ3v) is 18.0. The minimum Gasteiger partial charge on any atom is -0.504 e. The Bertz CT molecular complexity index is 4880. The van der Waals surface area contributed by atoms with E-state index in [0.29, 0.717) is 17.1 Å². The number of aromatic nitrogens is 2. The molecule has 0 saturated heterocycles. The number of hydrogen-bond acceptors (Lipinski definition) is 11. The van der Waals surface area contributed by atoms with Crippen molar-refractivity contribution in [3.8, 4) is 73.9 Å². The van der Waals surface area contributed by atoms with Gasteiger partial charge in [-0.1, -0.05) is 133 Å². The van der Waals surface area contributed by atoms with Crippen LogP contribution >= 0.6 is 11.8 Å². The summed E-state index contributed by atoms with van der Waals surface area (Å²) in [7, 11) is 0. The Labute approximate surface area is 495 Å². The molecule has 8 N–H and O–H groups in total. The van der Waals surface area contributed by atoms with Gasteiger partial charge in [0.25, 0.3) is 0 Å². The quantitative estimate of drug-likeness (QED) is 0.0483. The molecule has 0 radical (unpaired) electrons. The first-order chi connectivity index (χ1) is 42.0. The number of fused-ring (bicyclic) bond motifs is 9. The zero-order chi connectivity index (χ0) is 58.6. The molecule has 0 fully saturated rings. The van der Waals surface area contributed by atoms with Crippen LogP contribution < -0.4 is 9.80 Å². The van der Waals surface area contributed by atoms with E-state index in [1.165, 1.54) is 44.5 Å². The van der Waals surface area contributed by atoms with Crippen LogP contribution in [0.3, 0.4) is 0 Å². The van der Waals surface area contributed by atoms with Gasteiger partial charge in [0.2, 0.25) is 0 Å². The van der Waals surface area contributed by atoms with Gasteiger partial charge in [-0.3, -0.25) is 0 Å². The highest BCUT2D eigenvalue weighted by Crippen LogP contribution is 2.66. The Morgan fingerprint density at radius 2 is 1.01 bits per heavy atom. The molecule has 0 spiro atoms. The summed E-state index contributed by atoms with van der Waals surface area (Å²) in [5, 5.41) is 102. The second-order valence-corrected chi connectivity index (χ2v) is 22.7. The first-order valence-corrected chi connectivity index (χ1v) is 28.9. The van der Waals surface area contributed by atoms with Gasteiger partial charge < -0.3 is 59.8 Å². The molecular weight excluding hydrogens is 1100 g/mol. The molecule has 1 atom stereocenters. The van der Waals surface area contributed by atoms with Crippen LogP contribution in [0.4, 0.5) is 38.5 Å². The lowest BCUT2D eigenvalue weighted by Crippen LogP contribution is -2.11. The molecule has 10 aromatic carbocycles. The SMILES string of the molecule is Oc1c(O)c(N(c2ccc(F)cc2)c2ccc3c(c2)c2c(-c4ccccc4)c4c(cc2n3C2=CCCC=C2)C2CC=CC=C2S4)c(O)c(O)c1-c1c(O)c(O)c(N(c2ccccc2)c2ccc3c4ccccc4n(-c4ccccc4)c3c2)c(O)c1O. The van der Waals surface area contributed by atoms with Crippen LogP contribution in [0.1, 0.15) is 30.7 Å². The number of nitrogens with zero attached hydrogens (tertiary/aromatic N) is 4. The van der Waals surface area contributed by atoms with Gasteiger partial charge in [0.05, 0.1) is 33.2 Å². The Morgan fingerprint density at radius 3 is 1.66 bits per heavy atom. The number of phenolic OH excluding ortho intramolecular Hbond substituents is 8. The van der Waals surface area contributed by atoms with E-state index in [-0.39, 0.29) is 11.6 Å². The molecular formula is C72H51FN4O8S. The van der Waals surface area contributed by atoms with Crippen LogP contribution in [0.5, 0.6) is 46.0 Å². The van der Waals surface area contributed by atoms with Crippen molar-refractivity contribution >= 4 is 95.2 Å². The molecule has 12 nitrogen and oxygen atoms in total. The molecule has 12 aromatic rings. The van der Waals surface area contributed by atoms with Crippen molar-refractivity contribution < 1.29 is 45.2 Å². The minimum absolute atomic E-state index is 0.174. The van der Waals surface area contributed by atoms with Crippen LogP contribution in [-0.2, 0) is 0 Å². The van der Waals surface area contributed by atoms with E-state index in [2.05, 4.69) is 63.8 Å². The summed E-state index contributed by atoms with van der Waals surface area (Å²) >= 11 is 1.76. The molecule has 15 rings (SSSR count). The molecule has 86 heavy (non-hydrogen) atoms. The van der Waals surface area contributed by atoms with Gasteiger partial charge in [-0.15, -0.1) is 0 Å². The second kappa shape index (κ2) is 20.1. The Balaban J connectivity index is 0.919. The number of rotatable bonds is 10. The highest BCUT2D eigenvalue weighted by molar-refractivity contribution is 8.03. The predicted molar refractivity (Wildman–Crippen MR) is 340 cm³/mol. The third kappa shape index (κ3) is 7.90. The normalized spacial score (nSPS) is 14.5. The van der Waals surface area contributed by atoms with Gasteiger partial charge in [0.1, 0.15) is 17.2 Å². The lowest BCUT2D eigenvalue weighted by molar-refractivity contribution is 0.368. The maximum absolute atomic E-state index is 15.0. The molecule has 2 aliphatic carbocycles. The number of thioether (sulfide) groups is 1. The van der Waals surface area contributed by atoms with Crippen LogP contribution in [0, 0.1) is 5.82 Å². The second-order valence-electron chi connectivity index (χ2n) is 21.6. The first kappa shape index (κ1) is 51.9. The summed E-state index contributed by atoms with van der Waals surface area (Å²) in [6.07, 6.45) is 15.6. The largest absolute Gasteiger partial charge is 0.504 e. The number of phenols is 8. The van der Waals surface area contributed by atoms with Crippen molar-refractivity contribution in [1.29, 1.82) is 0 Å². The van der Waals surface area contributed by atoms with Crippen LogP contribution in [-0.4, -0.2) is 50.0 Å². The summed E-state index contributed by atoms with van der Waals surface area (Å²) in [5.41, 5.74) is 6.90. The van der Waals surface area contributed by atoms with Crippen molar-refractivity contribution in [2.24, 2.45) is 0 Å². The van der Waals surface area contributed by atoms with Crippen molar-refractivity contribution in [2.45, 2.75) is 30.1 Å². The van der Waals surface area contributed by atoms with Crippen molar-refractivity contribution in [3.05, 3.63) is 235 Å². The average molecular weight is 1150 g/mol. The van der Waals surface area contributed by atoms with Gasteiger partial charge in [0, 0.05) is 72.1 Å². The topological polar surface area (TPSA) is 178 Å². The number of halogens is 1. The maximum Gasteiger partial charge on any atom is 0.186 e. The zero-order valence-electron chi connectivity index (χ0n) is 45.6. The standard InChI is InChI=1S/C72H51FN4O8S/c73-41-29-31-45(32-30-41)75(46-34-36-54-52(37-46)59-56(77(54)44-23-11-4-12-24-44)39-51-50-26-14-16-28-57(50)86-72(51)58(59)40-17-5-1-6-18-40)63-70(84)66(80)61(67(81)71(63)85)60-64(78)68(82)62(69(83)65(60)79)74(42-19-7-2-8-20-42)47-33-35-49-48-25-13-15-27-53(48)76(55(49)38-47)43-21-9-3-10-22-43/h1-3,5-11,13-25,27-39,50,78-85H,4,12,26H2. The van der Waals surface area contributed by atoms with E-state index in [1.54, 1.807) is 54.2 Å². The van der Waals surface area contributed by atoms with Crippen LogP contribution in [0.25, 0.3) is 77.2 Å². The van der Waals surface area contributed by atoms with Gasteiger partial charge >= 0.3 is 0 Å². The third-order valence-electron chi connectivity index (χ3n) is 16.7. The number of aromatic hydroxyl groups is 8. The molecule has 14 heteroatoms. The van der Waals surface area contributed by atoms with Gasteiger partial charge in [0.15, 0.2) is 46.0 Å². The summed E-state index contributed by atoms with van der Waals surface area (Å²) in [6, 6.07) is 55.1. The fraction of sp³-hybridized carbons (Fsp3) is 0.0556. The first-order valence-electron chi connectivity index (χ1n) is 28.1. The molecule has 0 amide bonds. The number of hydrogen-bond donors (Lipinski definition) is 8. The summed E-state index contributed by atoms with van der Waals surface area (Å²) < 4.78 is 19.3. The lowest BCUT2D eigenvalue weighted by Gasteiger charge is -2.29. The van der Waals surface area contributed by atoms with E-state index in [0.717, 1.165) is 90.3 Å². The Hall–Kier alpha value is -11.0. The molecule has 3 heterocycles. The van der Waals surface area contributed by atoms with E-state index in [9.17, 15) is 45.2 Å². The molecule has 1 unspecified atom stereocenters. The van der Waals surface area contributed by atoms with Crippen molar-refractivity contribution in [1.82, 2.24) is 9.13 Å². The molecule has 3 aliphatic rings. The zero-order valence-corrected chi connectivity index (χ0v) is 46.5. The van der Waals surface area contributed by atoms with Crippen LogP contribution in [0.2, 0.25) is 0 Å². The summed E-state index contributed by atoms with van der Waals surface area (Å²) in [4.78, 5) is 5.18. The van der Waals surface area contributed by atoms with E-state index >= 15 is 0 Å². The van der Waals surface area contributed by atoms with Gasteiger partial charge in [-0.25, -0.2) is 4.39 Å². The van der Waals surface area contributed by atoms with Crippen LogP contribution in [0.15, 0.2) is 228 Å². The number of benzene rings is 10. The minimum atomic E-state index is -1.17. The molecule has 1 aliphatic heterocycles. The number of para-hydroxylation sites is 3. The Kier molecular flexibility index (Phi) is 12.2. The fourth-order valence-electron chi connectivity index (χ4n) is 12.9. The highest BCUT2D eigenvalue weighted by atomic mass is 32.2. The molecule has 2 aromatic heterocycles. The van der Waals surface area contributed by atoms with E-state index in [4.69, 9.17) is 0 Å². The molecule has 0 bridgehead atoms. The Morgan fingerprint density at radius 1 is 0.453 bits per heavy atom. The highest BCUT2D eigenvalue weighted by Gasteiger charge is 2.38. The average Bonchev–Trinajstić information content (AvgIpc) is 1.53. The maximum atomic E-state index is 15.0. The van der Waals surface area contributed by atoms with Gasteiger partial charge in [-0.05, 0) is 132 Å². The molecule has 420 valence electrons. The number of allylic oxidation sites excluding steroid dienone is 8. The molecule has 0 saturated carbocycles. The predicted octanol–water partition coefficient (Wildman–Crippen LogP) is 18.2.